The van der Waals surface area contributed by atoms with E-state index in [4.69, 9.17) is 4.42 Å². The van der Waals surface area contributed by atoms with Crippen molar-refractivity contribution < 1.29 is 9.52 Å². The van der Waals surface area contributed by atoms with Gasteiger partial charge in [-0.1, -0.05) is 24.3 Å². The lowest BCUT2D eigenvalue weighted by molar-refractivity contribution is 0.449. The molecule has 4 heteroatoms. The minimum Gasteiger partial charge on any atom is -0.502 e. The maximum absolute atomic E-state index is 12.2. The molecule has 0 aliphatic carbocycles. The third-order valence-corrected chi connectivity index (χ3v) is 3.54. The van der Waals surface area contributed by atoms with E-state index in [1.165, 1.54) is 0 Å². The van der Waals surface area contributed by atoms with Crippen LogP contribution in [0.4, 0.5) is 0 Å². The Bertz CT molecular complexity index is 866. The normalized spacial score (nSPS) is 10.4. The van der Waals surface area contributed by atoms with Crippen molar-refractivity contribution in [1.29, 1.82) is 0 Å². The van der Waals surface area contributed by atoms with Crippen LogP contribution in [0, 0.1) is 13.8 Å². The van der Waals surface area contributed by atoms with E-state index in [0.717, 1.165) is 11.1 Å². The van der Waals surface area contributed by atoms with Crippen LogP contribution in [-0.2, 0) is 0 Å². The highest BCUT2D eigenvalue weighted by Crippen LogP contribution is 2.30. The number of para-hydroxylation sites is 1. The first-order chi connectivity index (χ1) is 9.58. The van der Waals surface area contributed by atoms with Crippen LogP contribution in [0.5, 0.6) is 5.75 Å². The number of aryl methyl sites for hydroxylation is 2. The number of hydrogen-bond donors (Lipinski definition) is 1. The molecule has 2 radical (unpaired) electrons. The molecule has 21 heavy (non-hydrogen) atoms. The first kappa shape index (κ1) is 15.6. The monoisotopic (exact) mass is 290 g/mol. The smallest absolute Gasteiger partial charge is 0.235 e. The van der Waals surface area contributed by atoms with Gasteiger partial charge in [0.05, 0.1) is 5.39 Å². The molecule has 0 unspecified atom stereocenters. The van der Waals surface area contributed by atoms with Crippen molar-refractivity contribution in [3.63, 3.8) is 0 Å². The van der Waals surface area contributed by atoms with E-state index in [0.29, 0.717) is 16.5 Å². The molecule has 0 spiro atoms. The van der Waals surface area contributed by atoms with Crippen LogP contribution in [0.25, 0.3) is 22.3 Å². The summed E-state index contributed by atoms with van der Waals surface area (Å²) in [6.45, 7) is 3.99. The average Bonchev–Trinajstić information content (AvgIpc) is 2.46. The minimum atomic E-state index is -0.403. The lowest BCUT2D eigenvalue weighted by Crippen LogP contribution is -2.02. The number of aromatic hydroxyl groups is 1. The van der Waals surface area contributed by atoms with Crippen LogP contribution in [0.2, 0.25) is 0 Å². The summed E-state index contributed by atoms with van der Waals surface area (Å²) in [5.41, 5.74) is 3.01. The van der Waals surface area contributed by atoms with Gasteiger partial charge in [0.1, 0.15) is 5.58 Å². The Morgan fingerprint density at radius 3 is 2.43 bits per heavy atom. The van der Waals surface area contributed by atoms with Crippen molar-refractivity contribution >= 4 is 34.0 Å². The summed E-state index contributed by atoms with van der Waals surface area (Å²) < 4.78 is 5.70. The summed E-state index contributed by atoms with van der Waals surface area (Å²) in [4.78, 5) is 12.2. The Morgan fingerprint density at radius 1 is 1.00 bits per heavy atom. The zero-order chi connectivity index (χ0) is 14.3. The second-order valence-corrected chi connectivity index (χ2v) is 4.90. The molecular weight excluding hydrogens is 276 g/mol. The van der Waals surface area contributed by atoms with Gasteiger partial charge in [-0.25, -0.2) is 0 Å². The molecule has 102 valence electrons. The molecule has 0 saturated carbocycles. The molecule has 0 aliphatic rings. The fourth-order valence-corrected chi connectivity index (χ4v) is 2.21. The number of fused-ring (bicyclic) bond motifs is 1. The van der Waals surface area contributed by atoms with Gasteiger partial charge in [-0.3, -0.25) is 4.79 Å². The molecule has 0 bridgehead atoms. The van der Waals surface area contributed by atoms with Crippen molar-refractivity contribution in [3.8, 4) is 17.1 Å². The molecule has 2 aromatic carbocycles. The molecule has 0 amide bonds. The zero-order valence-corrected chi connectivity index (χ0v) is 13.4. The topological polar surface area (TPSA) is 50.4 Å². The molecule has 0 atom stereocenters. The summed E-state index contributed by atoms with van der Waals surface area (Å²) in [6.07, 6.45) is 0. The van der Waals surface area contributed by atoms with Crippen LogP contribution in [0.1, 0.15) is 11.1 Å². The molecule has 3 nitrogen and oxygen atoms in total. The van der Waals surface area contributed by atoms with Gasteiger partial charge in [0, 0.05) is 28.6 Å². The number of benzene rings is 2. The van der Waals surface area contributed by atoms with Crippen molar-refractivity contribution in [2.45, 2.75) is 13.8 Å². The molecule has 0 saturated heterocycles. The first-order valence-electron chi connectivity index (χ1n) is 6.40. The maximum atomic E-state index is 12.2. The van der Waals surface area contributed by atoms with Gasteiger partial charge >= 0.3 is 0 Å². The van der Waals surface area contributed by atoms with Crippen molar-refractivity contribution in [3.05, 3.63) is 63.8 Å². The van der Waals surface area contributed by atoms with Crippen LogP contribution in [0.15, 0.2) is 51.7 Å². The minimum absolute atomic E-state index is 0. The van der Waals surface area contributed by atoms with Gasteiger partial charge in [-0.2, -0.15) is 0 Å². The lowest BCUT2D eigenvalue weighted by Gasteiger charge is -2.07. The maximum Gasteiger partial charge on any atom is 0.235 e. The van der Waals surface area contributed by atoms with Crippen LogP contribution in [0.3, 0.4) is 0 Å². The Balaban J connectivity index is 0.00000161. The molecule has 3 aromatic rings. The molecule has 0 fully saturated rings. The summed E-state index contributed by atoms with van der Waals surface area (Å²) in [5.74, 6) is -0.122. The SMILES string of the molecule is Cc1ccc(-c2oc3ccccc3c(=O)c2O)cc1C.[Mg]. The van der Waals surface area contributed by atoms with E-state index in [9.17, 15) is 9.90 Å². The van der Waals surface area contributed by atoms with Crippen molar-refractivity contribution in [2.24, 2.45) is 0 Å². The highest BCUT2D eigenvalue weighted by atomic mass is 24.3. The zero-order valence-electron chi connectivity index (χ0n) is 12.0. The molecule has 1 aromatic heterocycles. The van der Waals surface area contributed by atoms with E-state index in [1.807, 2.05) is 32.0 Å². The number of hydrogen-bond acceptors (Lipinski definition) is 3. The Morgan fingerprint density at radius 2 is 1.71 bits per heavy atom. The lowest BCUT2D eigenvalue weighted by atomic mass is 10.0. The van der Waals surface area contributed by atoms with E-state index < -0.39 is 5.43 Å². The van der Waals surface area contributed by atoms with E-state index in [1.54, 1.807) is 24.3 Å². The molecule has 1 heterocycles. The van der Waals surface area contributed by atoms with Gasteiger partial charge in [0.2, 0.25) is 11.2 Å². The van der Waals surface area contributed by atoms with Crippen molar-refractivity contribution in [2.75, 3.05) is 0 Å². The fraction of sp³-hybridized carbons (Fsp3) is 0.118. The third-order valence-electron chi connectivity index (χ3n) is 3.54. The predicted molar refractivity (Wildman–Crippen MR) is 84.8 cm³/mol. The molecule has 0 aliphatic heterocycles. The highest BCUT2D eigenvalue weighted by molar-refractivity contribution is 5.81. The first-order valence-corrected chi connectivity index (χ1v) is 6.40. The fourth-order valence-electron chi connectivity index (χ4n) is 2.21. The standard InChI is InChI=1S/C17H14O3.Mg/c1-10-7-8-12(9-11(10)2)17-16(19)15(18)13-5-3-4-6-14(13)20-17;/h3-9,19H,1-2H3;. The molecule has 3 rings (SSSR count). The average molecular weight is 291 g/mol. The molecule has 1 N–H and O–H groups in total. The Kier molecular flexibility index (Phi) is 4.39. The largest absolute Gasteiger partial charge is 0.502 e. The Hall–Kier alpha value is -1.78. The Labute approximate surface area is 138 Å². The third kappa shape index (κ3) is 2.69. The summed E-state index contributed by atoms with van der Waals surface area (Å²) >= 11 is 0. The molecular formula is C17H14MgO3. The second kappa shape index (κ2) is 5.91. The van der Waals surface area contributed by atoms with E-state index in [2.05, 4.69) is 0 Å². The van der Waals surface area contributed by atoms with Gasteiger partial charge in [-0.05, 0) is 43.2 Å². The van der Waals surface area contributed by atoms with E-state index >= 15 is 0 Å². The van der Waals surface area contributed by atoms with E-state index in [-0.39, 0.29) is 34.6 Å². The second-order valence-electron chi connectivity index (χ2n) is 4.90. The van der Waals surface area contributed by atoms with Gasteiger partial charge in [0.15, 0.2) is 5.76 Å². The number of rotatable bonds is 1. The van der Waals surface area contributed by atoms with Gasteiger partial charge in [0.25, 0.3) is 0 Å². The van der Waals surface area contributed by atoms with Crippen LogP contribution >= 0.6 is 0 Å². The highest BCUT2D eigenvalue weighted by Gasteiger charge is 2.15. The van der Waals surface area contributed by atoms with Crippen LogP contribution in [-0.4, -0.2) is 28.2 Å². The summed E-state index contributed by atoms with van der Waals surface area (Å²) in [6, 6.07) is 12.6. The summed E-state index contributed by atoms with van der Waals surface area (Å²) in [5, 5.41) is 10.5. The van der Waals surface area contributed by atoms with Crippen molar-refractivity contribution in [1.82, 2.24) is 0 Å². The quantitative estimate of drug-likeness (QED) is 0.699. The van der Waals surface area contributed by atoms with Gasteiger partial charge < -0.3 is 9.52 Å². The predicted octanol–water partition coefficient (Wildman–Crippen LogP) is 3.40. The van der Waals surface area contributed by atoms with Gasteiger partial charge in [-0.15, -0.1) is 0 Å². The summed E-state index contributed by atoms with van der Waals surface area (Å²) in [7, 11) is 0. The van der Waals surface area contributed by atoms with Crippen LogP contribution < -0.4 is 5.43 Å².